The lowest BCUT2D eigenvalue weighted by Gasteiger charge is -2.08. The number of hydrogen-bond acceptors (Lipinski definition) is 5. The summed E-state index contributed by atoms with van der Waals surface area (Å²) in [6, 6.07) is 0. The Morgan fingerprint density at radius 2 is 2.00 bits per heavy atom. The molecule has 0 saturated carbocycles. The largest absolute Gasteiger partial charge is 0.469 e. The highest BCUT2D eigenvalue weighted by atomic mass is 17.2. The molecule has 0 aromatic rings. The molecule has 5 heteroatoms. The van der Waals surface area contributed by atoms with Gasteiger partial charge in [0.25, 0.3) is 0 Å². The first-order valence-corrected chi connectivity index (χ1v) is 4.52. The van der Waals surface area contributed by atoms with Crippen LogP contribution in [0.2, 0.25) is 0 Å². The molecule has 0 aromatic carbocycles. The van der Waals surface area contributed by atoms with E-state index in [0.29, 0.717) is 13.0 Å². The van der Waals surface area contributed by atoms with Gasteiger partial charge in [-0.3, -0.25) is 9.68 Å². The third-order valence-corrected chi connectivity index (χ3v) is 1.67. The van der Waals surface area contributed by atoms with Gasteiger partial charge in [-0.1, -0.05) is 6.92 Å². The predicted molar refractivity (Wildman–Crippen MR) is 48.1 cm³/mol. The molecule has 0 aromatic heterocycles. The average molecular weight is 204 g/mol. The second kappa shape index (κ2) is 7.32. The van der Waals surface area contributed by atoms with Crippen molar-refractivity contribution in [2.75, 3.05) is 13.7 Å². The minimum atomic E-state index is -0.462. The van der Waals surface area contributed by atoms with Gasteiger partial charge < -0.3 is 4.74 Å². The summed E-state index contributed by atoms with van der Waals surface area (Å²) >= 11 is 0. The van der Waals surface area contributed by atoms with Crippen LogP contribution < -0.4 is 0 Å². The predicted octanol–water partition coefficient (Wildman–Crippen LogP) is 1.07. The zero-order chi connectivity index (χ0) is 11.0. The van der Waals surface area contributed by atoms with E-state index in [1.165, 1.54) is 7.11 Å². The average Bonchev–Trinajstić information content (AvgIpc) is 2.21. The van der Waals surface area contributed by atoms with Crippen molar-refractivity contribution in [1.82, 2.24) is 0 Å². The highest BCUT2D eigenvalue weighted by Gasteiger charge is 2.16. The van der Waals surface area contributed by atoms with Gasteiger partial charge in [0.1, 0.15) is 0 Å². The molecule has 0 rings (SSSR count). The lowest BCUT2D eigenvalue weighted by atomic mass is 10.1. The van der Waals surface area contributed by atoms with Crippen LogP contribution in [0.3, 0.4) is 0 Å². The molecule has 0 aliphatic heterocycles. The summed E-state index contributed by atoms with van der Waals surface area (Å²) < 4.78 is 4.44. The number of hydrogen-bond donors (Lipinski definition) is 0. The van der Waals surface area contributed by atoms with Crippen molar-refractivity contribution in [1.29, 1.82) is 0 Å². The highest BCUT2D eigenvalue weighted by Crippen LogP contribution is 2.08. The Morgan fingerprint density at radius 1 is 1.36 bits per heavy atom. The quantitative estimate of drug-likeness (QED) is 0.368. The van der Waals surface area contributed by atoms with E-state index in [0.717, 1.165) is 0 Å². The van der Waals surface area contributed by atoms with Crippen molar-refractivity contribution in [2.45, 2.75) is 26.7 Å². The fraction of sp³-hybridized carbons (Fsp3) is 0.778. The Morgan fingerprint density at radius 3 is 2.50 bits per heavy atom. The van der Waals surface area contributed by atoms with Crippen LogP contribution in [0.4, 0.5) is 0 Å². The first-order valence-electron chi connectivity index (χ1n) is 4.52. The number of ether oxygens (including phenoxy) is 1. The van der Waals surface area contributed by atoms with E-state index in [-0.39, 0.29) is 18.3 Å². The lowest BCUT2D eigenvalue weighted by molar-refractivity contribution is -0.273. The number of carbonyl (C=O) groups excluding carboxylic acids is 2. The molecule has 82 valence electrons. The molecule has 0 radical (unpaired) electrons. The molecule has 1 unspecified atom stereocenters. The number of carbonyl (C=O) groups is 2. The number of methoxy groups -OCH3 is 1. The molecule has 0 saturated heterocycles. The summed E-state index contributed by atoms with van der Waals surface area (Å²) in [5, 5.41) is 0. The number of esters is 1. The van der Waals surface area contributed by atoms with Crippen molar-refractivity contribution in [3.05, 3.63) is 0 Å². The molecule has 0 N–H and O–H groups in total. The van der Waals surface area contributed by atoms with Crippen LogP contribution in [0.15, 0.2) is 0 Å². The van der Waals surface area contributed by atoms with Crippen LogP contribution in [0.25, 0.3) is 0 Å². The Balaban J connectivity index is 3.66. The smallest absolute Gasteiger partial charge is 0.345 e. The van der Waals surface area contributed by atoms with E-state index in [2.05, 4.69) is 14.5 Å². The van der Waals surface area contributed by atoms with Crippen LogP contribution in [-0.4, -0.2) is 25.7 Å². The van der Waals surface area contributed by atoms with Crippen molar-refractivity contribution in [3.63, 3.8) is 0 Å². The summed E-state index contributed by atoms with van der Waals surface area (Å²) in [6.07, 6.45) is 0.609. The van der Waals surface area contributed by atoms with Gasteiger partial charge in [0.2, 0.25) is 0 Å². The monoisotopic (exact) mass is 204 g/mol. The van der Waals surface area contributed by atoms with Gasteiger partial charge in [0.05, 0.1) is 19.6 Å². The van der Waals surface area contributed by atoms with Gasteiger partial charge in [-0.25, -0.2) is 4.79 Å². The Labute approximate surface area is 83.3 Å². The fourth-order valence-electron chi connectivity index (χ4n) is 0.753. The summed E-state index contributed by atoms with van der Waals surface area (Å²) in [7, 11) is 1.31. The van der Waals surface area contributed by atoms with Gasteiger partial charge in [0.15, 0.2) is 0 Å². The number of rotatable bonds is 6. The second-order valence-electron chi connectivity index (χ2n) is 2.82. The zero-order valence-electron chi connectivity index (χ0n) is 8.74. The minimum absolute atomic E-state index is 0.207. The van der Waals surface area contributed by atoms with Gasteiger partial charge in [0, 0.05) is 6.42 Å². The van der Waals surface area contributed by atoms with Crippen LogP contribution in [0.5, 0.6) is 0 Å². The molecule has 0 aliphatic carbocycles. The third kappa shape index (κ3) is 5.53. The van der Waals surface area contributed by atoms with Gasteiger partial charge in [-0.15, -0.1) is 0 Å². The minimum Gasteiger partial charge on any atom is -0.469 e. The van der Waals surface area contributed by atoms with E-state index in [1.807, 2.05) is 0 Å². The molecule has 0 amide bonds. The van der Waals surface area contributed by atoms with E-state index < -0.39 is 5.97 Å². The SMILES string of the molecule is CCOOC(=O)C(C)CCC(=O)OC. The molecular formula is C9H16O5. The topological polar surface area (TPSA) is 61.8 Å². The van der Waals surface area contributed by atoms with Crippen LogP contribution in [-0.2, 0) is 24.1 Å². The highest BCUT2D eigenvalue weighted by molar-refractivity contribution is 5.73. The summed E-state index contributed by atoms with van der Waals surface area (Å²) in [5.74, 6) is -1.16. The molecule has 0 fully saturated rings. The molecule has 5 nitrogen and oxygen atoms in total. The van der Waals surface area contributed by atoms with E-state index in [1.54, 1.807) is 13.8 Å². The second-order valence-corrected chi connectivity index (χ2v) is 2.82. The normalized spacial score (nSPS) is 11.9. The summed E-state index contributed by atoms with van der Waals surface area (Å²) in [4.78, 5) is 30.8. The lowest BCUT2D eigenvalue weighted by Crippen LogP contribution is -2.16. The van der Waals surface area contributed by atoms with E-state index in [4.69, 9.17) is 0 Å². The maximum absolute atomic E-state index is 11.1. The molecule has 0 spiro atoms. The van der Waals surface area contributed by atoms with Crippen molar-refractivity contribution < 1.29 is 24.1 Å². The molecule has 1 atom stereocenters. The molecule has 0 aliphatic rings. The van der Waals surface area contributed by atoms with E-state index in [9.17, 15) is 9.59 Å². The third-order valence-electron chi connectivity index (χ3n) is 1.67. The van der Waals surface area contributed by atoms with Crippen LogP contribution in [0.1, 0.15) is 26.7 Å². The van der Waals surface area contributed by atoms with Gasteiger partial charge in [-0.05, 0) is 13.3 Å². The Kier molecular flexibility index (Phi) is 6.74. The van der Waals surface area contributed by atoms with Gasteiger partial charge in [-0.2, -0.15) is 4.89 Å². The molecular weight excluding hydrogens is 188 g/mol. The first kappa shape index (κ1) is 12.9. The van der Waals surface area contributed by atoms with E-state index >= 15 is 0 Å². The molecule has 14 heavy (non-hydrogen) atoms. The molecule has 0 bridgehead atoms. The van der Waals surface area contributed by atoms with Crippen LogP contribution >= 0.6 is 0 Å². The van der Waals surface area contributed by atoms with Crippen molar-refractivity contribution >= 4 is 11.9 Å². The fourth-order valence-corrected chi connectivity index (χ4v) is 0.753. The van der Waals surface area contributed by atoms with Crippen molar-refractivity contribution in [3.8, 4) is 0 Å². The molecule has 0 heterocycles. The van der Waals surface area contributed by atoms with Gasteiger partial charge >= 0.3 is 11.9 Å². The summed E-state index contributed by atoms with van der Waals surface area (Å²) in [6.45, 7) is 3.70. The Hall–Kier alpha value is -1.10. The van der Waals surface area contributed by atoms with Crippen molar-refractivity contribution in [2.24, 2.45) is 5.92 Å². The standard InChI is InChI=1S/C9H16O5/c1-4-13-14-9(11)7(2)5-6-8(10)12-3/h7H,4-6H2,1-3H3. The maximum atomic E-state index is 11.1. The van der Waals surface area contributed by atoms with Crippen LogP contribution in [0, 0.1) is 5.92 Å². The maximum Gasteiger partial charge on any atom is 0.345 e. The Bertz CT molecular complexity index is 190. The summed E-state index contributed by atoms with van der Waals surface area (Å²) in [5.41, 5.74) is 0. The first-order chi connectivity index (χ1) is 6.61. The zero-order valence-corrected chi connectivity index (χ0v) is 8.74.